The van der Waals surface area contributed by atoms with Gasteiger partial charge < -0.3 is 10.0 Å². The zero-order chi connectivity index (χ0) is 22.2. The number of nitrogens with zero attached hydrogens (tertiary/aromatic N) is 3. The van der Waals surface area contributed by atoms with Crippen LogP contribution in [-0.4, -0.2) is 50.1 Å². The largest absolute Gasteiger partial charge is 0.382 e. The van der Waals surface area contributed by atoms with Crippen LogP contribution in [0.25, 0.3) is 10.9 Å². The Morgan fingerprint density at radius 2 is 2.10 bits per heavy atom. The summed E-state index contributed by atoms with van der Waals surface area (Å²) in [5.74, 6) is -4.52. The van der Waals surface area contributed by atoms with Crippen LogP contribution in [0.15, 0.2) is 36.7 Å². The normalized spacial score (nSPS) is 16.6. The van der Waals surface area contributed by atoms with Crippen molar-refractivity contribution in [3.8, 4) is 0 Å². The number of halogens is 3. The van der Waals surface area contributed by atoms with Crippen LogP contribution in [0.2, 0.25) is 5.02 Å². The number of benzene rings is 1. The zero-order valence-corrected chi connectivity index (χ0v) is 17.7. The van der Waals surface area contributed by atoms with Crippen molar-refractivity contribution >= 4 is 28.4 Å². The van der Waals surface area contributed by atoms with Gasteiger partial charge in [-0.1, -0.05) is 11.6 Å². The average Bonchev–Trinajstić information content (AvgIpc) is 3.21. The van der Waals surface area contributed by atoms with Crippen molar-refractivity contribution in [2.45, 2.75) is 38.2 Å². The third-order valence-corrected chi connectivity index (χ3v) is 6.13. The molecule has 1 aromatic carbocycles. The van der Waals surface area contributed by atoms with Crippen molar-refractivity contribution in [1.82, 2.24) is 20.1 Å². The summed E-state index contributed by atoms with van der Waals surface area (Å²) in [7, 11) is 0. The molecule has 1 atom stereocenters. The van der Waals surface area contributed by atoms with Crippen LogP contribution in [0.1, 0.15) is 35.8 Å². The number of alkyl halides is 2. The van der Waals surface area contributed by atoms with Crippen LogP contribution < -0.4 is 0 Å². The van der Waals surface area contributed by atoms with Gasteiger partial charge in [0.2, 0.25) is 5.91 Å². The lowest BCUT2D eigenvalue weighted by molar-refractivity contribution is -0.164. The van der Waals surface area contributed by atoms with Crippen molar-refractivity contribution in [3.63, 3.8) is 0 Å². The Morgan fingerprint density at radius 1 is 1.35 bits per heavy atom. The Balaban J connectivity index is 1.43. The molecule has 3 aromatic rings. The molecule has 31 heavy (non-hydrogen) atoms. The molecular weight excluding hydrogens is 426 g/mol. The summed E-state index contributed by atoms with van der Waals surface area (Å²) in [6, 6.07) is 6.57. The number of aliphatic hydroxyl groups is 1. The number of aromatic nitrogens is 3. The second-order valence-electron chi connectivity index (χ2n) is 8.04. The van der Waals surface area contributed by atoms with Crippen LogP contribution in [0.3, 0.4) is 0 Å². The Labute approximate surface area is 183 Å². The van der Waals surface area contributed by atoms with Crippen molar-refractivity contribution in [3.05, 3.63) is 58.5 Å². The first kappa shape index (κ1) is 21.6. The maximum Gasteiger partial charge on any atom is 0.280 e. The molecule has 1 saturated heterocycles. The fourth-order valence-electron chi connectivity index (χ4n) is 4.21. The highest BCUT2D eigenvalue weighted by molar-refractivity contribution is 6.31. The van der Waals surface area contributed by atoms with Gasteiger partial charge in [0, 0.05) is 46.9 Å². The molecule has 0 radical (unpaired) electrons. The number of carbonyl (C=O) groups is 1. The lowest BCUT2D eigenvalue weighted by Gasteiger charge is -2.38. The van der Waals surface area contributed by atoms with E-state index >= 15 is 8.78 Å². The molecule has 2 aromatic heterocycles. The molecule has 1 amide bonds. The van der Waals surface area contributed by atoms with E-state index in [9.17, 15) is 9.90 Å². The molecule has 4 rings (SSSR count). The standard InChI is InChI=1S/C22H23ClF2N4O2/c1-13-8-14(2-5-26-13)9-19(30)29-6-3-16(4-7-29)22(24,25)21(31)18-11-17(23)10-15-12-27-28-20(15)18/h2,5,8,10-12,16,21,31H,3-4,6-7,9H2,1H3,(H,27,28). The first-order valence-corrected chi connectivity index (χ1v) is 10.5. The minimum atomic E-state index is -3.37. The minimum Gasteiger partial charge on any atom is -0.382 e. The van der Waals surface area contributed by atoms with Gasteiger partial charge >= 0.3 is 0 Å². The summed E-state index contributed by atoms with van der Waals surface area (Å²) in [6.45, 7) is 2.31. The molecule has 0 bridgehead atoms. The van der Waals surface area contributed by atoms with Crippen molar-refractivity contribution in [2.75, 3.05) is 13.1 Å². The Kier molecular flexibility index (Phi) is 5.94. The van der Waals surface area contributed by atoms with Crippen molar-refractivity contribution in [1.29, 1.82) is 0 Å². The number of amides is 1. The van der Waals surface area contributed by atoms with E-state index in [1.54, 1.807) is 23.2 Å². The summed E-state index contributed by atoms with van der Waals surface area (Å²) >= 11 is 6.05. The summed E-state index contributed by atoms with van der Waals surface area (Å²) in [4.78, 5) is 18.3. The Bertz CT molecular complexity index is 1100. The summed E-state index contributed by atoms with van der Waals surface area (Å²) < 4.78 is 30.5. The van der Waals surface area contributed by atoms with E-state index in [-0.39, 0.29) is 48.8 Å². The smallest absolute Gasteiger partial charge is 0.280 e. The van der Waals surface area contributed by atoms with E-state index in [1.165, 1.54) is 12.3 Å². The molecule has 6 nitrogen and oxygen atoms in total. The number of nitrogens with one attached hydrogen (secondary N) is 1. The number of piperidine rings is 1. The van der Waals surface area contributed by atoms with Gasteiger partial charge in [-0.2, -0.15) is 5.10 Å². The van der Waals surface area contributed by atoms with Gasteiger partial charge in [0.25, 0.3) is 5.92 Å². The predicted octanol–water partition coefficient (Wildman–Crippen LogP) is 4.07. The van der Waals surface area contributed by atoms with Gasteiger partial charge in [0.1, 0.15) is 6.10 Å². The molecule has 1 fully saturated rings. The van der Waals surface area contributed by atoms with Gasteiger partial charge in [0.05, 0.1) is 18.1 Å². The van der Waals surface area contributed by atoms with Gasteiger partial charge in [-0.05, 0) is 49.6 Å². The monoisotopic (exact) mass is 448 g/mol. The number of carbonyl (C=O) groups excluding carboxylic acids is 1. The number of pyridine rings is 1. The number of likely N-dealkylation sites (tertiary alicyclic amines) is 1. The van der Waals surface area contributed by atoms with Crippen LogP contribution >= 0.6 is 11.6 Å². The Hall–Kier alpha value is -2.58. The quantitative estimate of drug-likeness (QED) is 0.616. The third kappa shape index (κ3) is 4.41. The zero-order valence-electron chi connectivity index (χ0n) is 17.0. The number of aliphatic hydroxyl groups excluding tert-OH is 1. The number of aromatic amines is 1. The molecule has 9 heteroatoms. The SMILES string of the molecule is Cc1cc(CC(=O)N2CCC(C(F)(F)C(O)c3cc(Cl)cc4cn[nH]c34)CC2)ccn1. The van der Waals surface area contributed by atoms with Crippen LogP contribution in [0.4, 0.5) is 8.78 Å². The molecule has 164 valence electrons. The molecule has 1 unspecified atom stereocenters. The van der Waals surface area contributed by atoms with E-state index in [0.717, 1.165) is 11.3 Å². The number of H-pyrrole nitrogens is 1. The van der Waals surface area contributed by atoms with E-state index in [1.807, 2.05) is 13.0 Å². The molecule has 1 aliphatic heterocycles. The van der Waals surface area contributed by atoms with Crippen molar-refractivity contribution < 1.29 is 18.7 Å². The van der Waals surface area contributed by atoms with Crippen LogP contribution in [0.5, 0.6) is 0 Å². The highest BCUT2D eigenvalue weighted by Crippen LogP contribution is 2.44. The molecule has 1 aliphatic rings. The average molecular weight is 449 g/mol. The topological polar surface area (TPSA) is 82.1 Å². The number of fused-ring (bicyclic) bond motifs is 1. The molecular formula is C22H23ClF2N4O2. The maximum absolute atomic E-state index is 15.2. The lowest BCUT2D eigenvalue weighted by atomic mass is 9.84. The molecule has 2 N–H and O–H groups in total. The van der Waals surface area contributed by atoms with Crippen LogP contribution in [-0.2, 0) is 11.2 Å². The molecule has 0 aliphatic carbocycles. The number of hydrogen-bond acceptors (Lipinski definition) is 4. The van der Waals surface area contributed by atoms with E-state index in [2.05, 4.69) is 15.2 Å². The van der Waals surface area contributed by atoms with E-state index in [0.29, 0.717) is 10.9 Å². The lowest BCUT2D eigenvalue weighted by Crippen LogP contribution is -2.45. The third-order valence-electron chi connectivity index (χ3n) is 5.91. The fourth-order valence-corrected chi connectivity index (χ4v) is 4.44. The fraction of sp³-hybridized carbons (Fsp3) is 0.409. The maximum atomic E-state index is 15.2. The minimum absolute atomic E-state index is 0.0246. The number of hydrogen-bond donors (Lipinski definition) is 2. The van der Waals surface area contributed by atoms with Crippen molar-refractivity contribution in [2.24, 2.45) is 5.92 Å². The second kappa shape index (κ2) is 8.51. The number of aryl methyl sites for hydroxylation is 1. The molecule has 3 heterocycles. The second-order valence-corrected chi connectivity index (χ2v) is 8.48. The van der Waals surface area contributed by atoms with Gasteiger partial charge in [0.15, 0.2) is 0 Å². The first-order chi connectivity index (χ1) is 14.8. The summed E-state index contributed by atoms with van der Waals surface area (Å²) in [5.41, 5.74) is 2.04. The van der Waals surface area contributed by atoms with Crippen LogP contribution in [0, 0.1) is 12.8 Å². The summed E-state index contributed by atoms with van der Waals surface area (Å²) in [6.07, 6.45) is 1.53. The first-order valence-electron chi connectivity index (χ1n) is 10.1. The molecule has 0 spiro atoms. The Morgan fingerprint density at radius 3 is 2.81 bits per heavy atom. The summed E-state index contributed by atoms with van der Waals surface area (Å²) in [5, 5.41) is 17.9. The van der Waals surface area contributed by atoms with E-state index < -0.39 is 17.9 Å². The van der Waals surface area contributed by atoms with E-state index in [4.69, 9.17) is 11.6 Å². The van der Waals surface area contributed by atoms with Gasteiger partial charge in [-0.3, -0.25) is 14.9 Å². The van der Waals surface area contributed by atoms with Gasteiger partial charge in [-0.15, -0.1) is 0 Å². The number of rotatable bonds is 5. The van der Waals surface area contributed by atoms with Gasteiger partial charge in [-0.25, -0.2) is 8.78 Å². The molecule has 0 saturated carbocycles. The predicted molar refractivity (Wildman–Crippen MR) is 113 cm³/mol. The highest BCUT2D eigenvalue weighted by atomic mass is 35.5. The highest BCUT2D eigenvalue weighted by Gasteiger charge is 2.48.